The second-order valence-corrected chi connectivity index (χ2v) is 20.0. The van der Waals surface area contributed by atoms with Crippen LogP contribution in [0.1, 0.15) is 64.3 Å². The molecule has 354 valence electrons. The molecule has 0 aliphatic carbocycles. The summed E-state index contributed by atoms with van der Waals surface area (Å²) < 4.78 is 13.8. The Hall–Kier alpha value is -5.86. The first-order valence-electron chi connectivity index (χ1n) is 23.4. The molecule has 0 spiro atoms. The number of likely N-dealkylation sites (tertiary alicyclic amines) is 1. The summed E-state index contributed by atoms with van der Waals surface area (Å²) in [6, 6.07) is 10.8. The maximum atomic E-state index is 14.6. The number of nitrogens with zero attached hydrogens (tertiary/aromatic N) is 6. The topological polar surface area (TPSA) is 159 Å². The molecule has 2 N–H and O–H groups in total. The van der Waals surface area contributed by atoms with Crippen molar-refractivity contribution in [3.05, 3.63) is 75.9 Å². The van der Waals surface area contributed by atoms with E-state index in [4.69, 9.17) is 9.47 Å². The van der Waals surface area contributed by atoms with E-state index in [1.807, 2.05) is 12.3 Å². The fourth-order valence-electron chi connectivity index (χ4n) is 9.72. The lowest BCUT2D eigenvalue weighted by atomic mass is 9.84. The van der Waals surface area contributed by atoms with Gasteiger partial charge in [-0.2, -0.15) is 0 Å². The number of pyridine rings is 1. The highest BCUT2D eigenvalue weighted by atomic mass is 32.1. The number of likely N-dealkylation sites (N-methyl/N-ethyl adjacent to an activating group) is 1. The number of allylic oxidation sites excluding steroid dienone is 1. The second kappa shape index (κ2) is 20.6. The molecule has 15 nitrogen and oxygen atoms in total. The van der Waals surface area contributed by atoms with Gasteiger partial charge in [0.2, 0.25) is 5.91 Å². The van der Waals surface area contributed by atoms with E-state index in [1.165, 1.54) is 21.2 Å². The van der Waals surface area contributed by atoms with Crippen molar-refractivity contribution >= 4 is 51.8 Å². The number of esters is 1. The van der Waals surface area contributed by atoms with Crippen molar-refractivity contribution < 1.29 is 33.4 Å². The van der Waals surface area contributed by atoms with Crippen LogP contribution in [-0.4, -0.2) is 137 Å². The van der Waals surface area contributed by atoms with Gasteiger partial charge >= 0.3 is 5.97 Å². The minimum Gasteiger partial charge on any atom is -0.464 e. The van der Waals surface area contributed by atoms with Crippen LogP contribution < -0.4 is 10.7 Å². The first-order valence-corrected chi connectivity index (χ1v) is 24.3. The zero-order valence-electron chi connectivity index (χ0n) is 39.5. The van der Waals surface area contributed by atoms with Gasteiger partial charge in [0.15, 0.2) is 0 Å². The molecule has 67 heavy (non-hydrogen) atoms. The van der Waals surface area contributed by atoms with E-state index >= 15 is 0 Å². The molecule has 16 heteroatoms. The molecule has 0 radical (unpaired) electrons. The lowest BCUT2D eigenvalue weighted by Crippen LogP contribution is -2.60. The number of benzene rings is 1. The Balaban J connectivity index is 1.06. The number of ether oxygens (including phenoxy) is 2. The number of morpholine rings is 1. The highest BCUT2D eigenvalue weighted by Crippen LogP contribution is 2.40. The first kappa shape index (κ1) is 47.6. The normalized spacial score (nSPS) is 21.2. The third-order valence-electron chi connectivity index (χ3n) is 13.2. The zero-order chi connectivity index (χ0) is 47.4. The molecule has 0 unspecified atom stereocenters. The van der Waals surface area contributed by atoms with Crippen LogP contribution in [0.25, 0.3) is 33.3 Å². The number of aromatic nitrogens is 2. The van der Waals surface area contributed by atoms with Crippen LogP contribution in [0.5, 0.6) is 0 Å². The molecule has 3 saturated heterocycles. The van der Waals surface area contributed by atoms with Crippen LogP contribution in [-0.2, 0) is 52.8 Å². The molecule has 4 aromatic rings. The predicted octanol–water partition coefficient (Wildman–Crippen LogP) is 5.04. The van der Waals surface area contributed by atoms with Gasteiger partial charge in [-0.05, 0) is 110 Å². The largest absolute Gasteiger partial charge is 0.464 e. The number of rotatable bonds is 7. The molecule has 1 aromatic carbocycles. The second-order valence-electron chi connectivity index (χ2n) is 19.0. The molecule has 8 rings (SSSR count). The Morgan fingerprint density at radius 3 is 2.58 bits per heavy atom. The number of aryl methyl sites for hydroxylation is 1. The highest BCUT2D eigenvalue weighted by molar-refractivity contribution is 7.10. The zero-order valence-corrected chi connectivity index (χ0v) is 40.3. The molecule has 0 saturated carbocycles. The van der Waals surface area contributed by atoms with Crippen LogP contribution in [0.3, 0.4) is 0 Å². The molecule has 4 amide bonds. The third-order valence-corrected chi connectivity index (χ3v) is 14.2. The van der Waals surface area contributed by atoms with Crippen LogP contribution in [0.2, 0.25) is 0 Å². The Morgan fingerprint density at radius 2 is 1.84 bits per heavy atom. The van der Waals surface area contributed by atoms with E-state index in [9.17, 15) is 24.0 Å². The van der Waals surface area contributed by atoms with Crippen molar-refractivity contribution in [3.8, 4) is 34.2 Å². The summed E-state index contributed by atoms with van der Waals surface area (Å²) in [7, 11) is 1.56. The van der Waals surface area contributed by atoms with Gasteiger partial charge in [0, 0.05) is 91.9 Å². The summed E-state index contributed by atoms with van der Waals surface area (Å²) in [5, 5.41) is 7.63. The van der Waals surface area contributed by atoms with Gasteiger partial charge in [-0.15, -0.1) is 11.3 Å². The maximum absolute atomic E-state index is 14.6. The minimum atomic E-state index is -1.05. The van der Waals surface area contributed by atoms with E-state index in [1.54, 1.807) is 32.0 Å². The van der Waals surface area contributed by atoms with Crippen LogP contribution in [0.4, 0.5) is 0 Å². The average molecular weight is 931 g/mol. The summed E-state index contributed by atoms with van der Waals surface area (Å²) in [5.41, 5.74) is 9.76. The smallest absolute Gasteiger partial charge is 0.324 e. The Bertz CT molecular complexity index is 2620. The van der Waals surface area contributed by atoms with E-state index in [-0.39, 0.29) is 37.1 Å². The number of thiophene rings is 1. The molecule has 4 aliphatic heterocycles. The molecule has 4 aliphatic rings. The predicted molar refractivity (Wildman–Crippen MR) is 257 cm³/mol. The number of hydrogen-bond acceptors (Lipinski definition) is 11. The quantitative estimate of drug-likeness (QED) is 0.146. The number of hydrogen-bond donors (Lipinski definition) is 2. The van der Waals surface area contributed by atoms with Crippen molar-refractivity contribution in [1.82, 2.24) is 40.0 Å². The number of cyclic esters (lactones) is 1. The van der Waals surface area contributed by atoms with Crippen LogP contribution in [0, 0.1) is 23.2 Å². The number of carbonyl (C=O) groups excluding carboxylic acids is 5. The number of amides is 4. The highest BCUT2D eigenvalue weighted by Gasteiger charge is 2.38. The molecule has 3 atom stereocenters. The Labute approximate surface area is 396 Å². The summed E-state index contributed by atoms with van der Waals surface area (Å²) in [6.45, 7) is 15.0. The Morgan fingerprint density at radius 1 is 1.03 bits per heavy atom. The molecule has 6 bridgehead atoms. The molecular weight excluding hydrogens is 869 g/mol. The number of hydrazine groups is 1. The van der Waals surface area contributed by atoms with Gasteiger partial charge in [0.25, 0.3) is 17.7 Å². The van der Waals surface area contributed by atoms with Gasteiger partial charge in [0.1, 0.15) is 17.8 Å². The van der Waals surface area contributed by atoms with Crippen molar-refractivity contribution in [2.45, 2.75) is 85.4 Å². The summed E-state index contributed by atoms with van der Waals surface area (Å²) in [4.78, 5) is 80.5. The van der Waals surface area contributed by atoms with Crippen molar-refractivity contribution in [1.29, 1.82) is 0 Å². The SMILES string of the molecule is CCn1c(-c2cccnc2)c2c3cc(ccc31)-c1csc(c1)C[C@H](NC(=O)C(=C(C)C)N(C)C(=O)[C@H]1CCN(C(=O)C#CCN3CCOCC3)C1)C(=O)N1CCC[C@H](N1)C(=O)OCC(C)(C)C2. The van der Waals surface area contributed by atoms with E-state index < -0.39 is 41.2 Å². The van der Waals surface area contributed by atoms with Crippen LogP contribution in [0.15, 0.2) is 65.4 Å². The third kappa shape index (κ3) is 10.7. The van der Waals surface area contributed by atoms with Crippen molar-refractivity contribution in [2.75, 3.05) is 66.1 Å². The van der Waals surface area contributed by atoms with Gasteiger partial charge in [-0.25, -0.2) is 5.43 Å². The van der Waals surface area contributed by atoms with E-state index in [0.717, 1.165) is 63.4 Å². The van der Waals surface area contributed by atoms with Gasteiger partial charge in [0.05, 0.1) is 38.0 Å². The van der Waals surface area contributed by atoms with Gasteiger partial charge in [-0.3, -0.25) is 38.9 Å². The van der Waals surface area contributed by atoms with Gasteiger partial charge in [-0.1, -0.05) is 25.8 Å². The lowest BCUT2D eigenvalue weighted by Gasteiger charge is -2.36. The minimum absolute atomic E-state index is 0.128. The standard InChI is InChI=1S/C51H62N8O7S/c1-7-58-43-15-14-34-26-39(43)40(46(58)35-11-8-17-52-29-35)28-51(4,5)32-66-50(64)41-12-9-19-59(54-41)49(63)42(27-38-25-37(34)31-67-38)53-47(61)45(33(2)3)55(6)48(62)36-16-20-57(30-36)44(60)13-10-18-56-21-23-65-24-22-56/h8,11,14-15,17,25-26,29,31,36,41-42,54H,7,9,12,16,18-24,27-28,30,32H2,1-6H3,(H,53,61)/t36-,41-,42-/m0/s1. The maximum Gasteiger partial charge on any atom is 0.324 e. The monoisotopic (exact) mass is 930 g/mol. The number of fused-ring (bicyclic) bond motifs is 6. The number of nitrogens with one attached hydrogen (secondary N) is 2. The Kier molecular flexibility index (Phi) is 14.6. The summed E-state index contributed by atoms with van der Waals surface area (Å²) >= 11 is 1.51. The molecule has 3 aromatic heterocycles. The molecule has 3 fully saturated rings. The fourth-order valence-corrected chi connectivity index (χ4v) is 10.7. The van der Waals surface area contributed by atoms with Crippen molar-refractivity contribution in [3.63, 3.8) is 0 Å². The van der Waals surface area contributed by atoms with E-state index in [0.29, 0.717) is 64.1 Å². The summed E-state index contributed by atoms with van der Waals surface area (Å²) in [5.74, 6) is 3.13. The van der Waals surface area contributed by atoms with E-state index in [2.05, 4.69) is 93.5 Å². The molecule has 7 heterocycles. The van der Waals surface area contributed by atoms with Crippen molar-refractivity contribution in [2.24, 2.45) is 11.3 Å². The lowest BCUT2D eigenvalue weighted by molar-refractivity contribution is -0.155. The number of carbonyl (C=O) groups is 5. The summed E-state index contributed by atoms with van der Waals surface area (Å²) in [6.07, 6.45) is 5.94. The molecular formula is C51H62N8O7S. The fraction of sp³-hybridized carbons (Fsp3) is 0.490. The average Bonchev–Trinajstić information content (AvgIpc) is 4.09. The first-order chi connectivity index (χ1) is 32.2. The van der Waals surface area contributed by atoms with Gasteiger partial charge < -0.3 is 29.2 Å². The van der Waals surface area contributed by atoms with Crippen LogP contribution >= 0.6 is 11.3 Å².